The van der Waals surface area contributed by atoms with Crippen LogP contribution in [0.25, 0.3) is 0 Å². The number of nitrogens with one attached hydrogen (secondary N) is 1. The molecular formula is C10H21N3O. The summed E-state index contributed by atoms with van der Waals surface area (Å²) in [5.41, 5.74) is 5.41. The zero-order chi connectivity index (χ0) is 10.4. The monoisotopic (exact) mass is 199 g/mol. The van der Waals surface area contributed by atoms with Crippen LogP contribution in [0.4, 0.5) is 0 Å². The molecule has 1 aliphatic heterocycles. The molecule has 4 nitrogen and oxygen atoms in total. The van der Waals surface area contributed by atoms with E-state index in [1.807, 2.05) is 6.92 Å². The van der Waals surface area contributed by atoms with Gasteiger partial charge in [-0.2, -0.15) is 0 Å². The van der Waals surface area contributed by atoms with Crippen LogP contribution in [0.3, 0.4) is 0 Å². The van der Waals surface area contributed by atoms with Crippen molar-refractivity contribution in [2.75, 3.05) is 26.2 Å². The first kappa shape index (κ1) is 11.5. The molecule has 0 aromatic carbocycles. The van der Waals surface area contributed by atoms with Crippen LogP contribution >= 0.6 is 0 Å². The molecule has 1 amide bonds. The van der Waals surface area contributed by atoms with Crippen molar-refractivity contribution in [2.45, 2.75) is 32.2 Å². The molecule has 0 aromatic rings. The molecule has 0 bridgehead atoms. The molecule has 0 spiro atoms. The van der Waals surface area contributed by atoms with Crippen molar-refractivity contribution >= 4 is 5.91 Å². The Morgan fingerprint density at radius 1 is 1.50 bits per heavy atom. The van der Waals surface area contributed by atoms with Gasteiger partial charge in [-0.15, -0.1) is 0 Å². The molecule has 82 valence electrons. The van der Waals surface area contributed by atoms with Gasteiger partial charge >= 0.3 is 0 Å². The fraction of sp³-hybridized carbons (Fsp3) is 0.900. The predicted octanol–water partition coefficient (Wildman–Crippen LogP) is -0.0643. The molecule has 4 heteroatoms. The molecule has 1 fully saturated rings. The van der Waals surface area contributed by atoms with Crippen molar-refractivity contribution in [2.24, 2.45) is 5.73 Å². The molecule has 14 heavy (non-hydrogen) atoms. The molecular weight excluding hydrogens is 178 g/mol. The number of carbonyl (C=O) groups excluding carboxylic acids is 1. The van der Waals surface area contributed by atoms with Crippen LogP contribution in [0.15, 0.2) is 0 Å². The van der Waals surface area contributed by atoms with E-state index < -0.39 is 0 Å². The van der Waals surface area contributed by atoms with E-state index in [-0.39, 0.29) is 11.9 Å². The fourth-order valence-corrected chi connectivity index (χ4v) is 1.67. The fourth-order valence-electron chi connectivity index (χ4n) is 1.67. The van der Waals surface area contributed by atoms with Gasteiger partial charge in [0.15, 0.2) is 0 Å². The lowest BCUT2D eigenvalue weighted by molar-refractivity contribution is -0.121. The molecule has 0 saturated carbocycles. The van der Waals surface area contributed by atoms with Gasteiger partial charge in [0.05, 0.1) is 0 Å². The van der Waals surface area contributed by atoms with Crippen LogP contribution in [-0.2, 0) is 4.79 Å². The van der Waals surface area contributed by atoms with Gasteiger partial charge in [-0.3, -0.25) is 4.79 Å². The lowest BCUT2D eigenvalue weighted by atomic mass is 10.3. The van der Waals surface area contributed by atoms with Gasteiger partial charge in [0.1, 0.15) is 0 Å². The normalized spacial score (nSPS) is 19.6. The lowest BCUT2D eigenvalue weighted by Crippen LogP contribution is -2.39. The SMILES string of the molecule is C[C@H](CN)NC(=O)CCN1CCCC1. The molecule has 1 atom stereocenters. The van der Waals surface area contributed by atoms with Crippen molar-refractivity contribution < 1.29 is 4.79 Å². The third kappa shape index (κ3) is 4.07. The van der Waals surface area contributed by atoms with E-state index in [2.05, 4.69) is 10.2 Å². The van der Waals surface area contributed by atoms with Crippen molar-refractivity contribution in [1.29, 1.82) is 0 Å². The minimum Gasteiger partial charge on any atom is -0.352 e. The van der Waals surface area contributed by atoms with Gasteiger partial charge in [-0.25, -0.2) is 0 Å². The summed E-state index contributed by atoms with van der Waals surface area (Å²) in [7, 11) is 0. The standard InChI is InChI=1S/C10H21N3O/c1-9(8-11)12-10(14)4-7-13-5-2-3-6-13/h9H,2-8,11H2,1H3,(H,12,14)/t9-/m1/s1. The van der Waals surface area contributed by atoms with Crippen molar-refractivity contribution in [1.82, 2.24) is 10.2 Å². The topological polar surface area (TPSA) is 58.4 Å². The number of likely N-dealkylation sites (tertiary alicyclic amines) is 1. The highest BCUT2D eigenvalue weighted by Crippen LogP contribution is 2.07. The molecule has 1 aliphatic rings. The highest BCUT2D eigenvalue weighted by atomic mass is 16.1. The number of rotatable bonds is 5. The minimum atomic E-state index is 0.0982. The zero-order valence-electron chi connectivity index (χ0n) is 8.96. The number of nitrogens with zero attached hydrogens (tertiary/aromatic N) is 1. The third-order valence-electron chi connectivity index (χ3n) is 2.61. The summed E-state index contributed by atoms with van der Waals surface area (Å²) in [6.45, 7) is 5.63. The minimum absolute atomic E-state index is 0.0982. The van der Waals surface area contributed by atoms with E-state index in [9.17, 15) is 4.79 Å². The molecule has 1 rings (SSSR count). The molecule has 1 heterocycles. The Bertz CT molecular complexity index is 178. The molecule has 0 unspecified atom stereocenters. The predicted molar refractivity (Wildman–Crippen MR) is 57.0 cm³/mol. The quantitative estimate of drug-likeness (QED) is 0.652. The number of amides is 1. The average molecular weight is 199 g/mol. The Morgan fingerprint density at radius 2 is 2.14 bits per heavy atom. The highest BCUT2D eigenvalue weighted by Gasteiger charge is 2.13. The Labute approximate surface area is 85.8 Å². The Kier molecular flexibility index (Phi) is 4.90. The number of carbonyl (C=O) groups is 1. The van der Waals surface area contributed by atoms with Crippen LogP contribution in [0, 0.1) is 0 Å². The first-order valence-electron chi connectivity index (χ1n) is 5.44. The number of hydrogen-bond acceptors (Lipinski definition) is 3. The molecule has 3 N–H and O–H groups in total. The Balaban J connectivity index is 2.08. The molecule has 0 aromatic heterocycles. The third-order valence-corrected chi connectivity index (χ3v) is 2.61. The summed E-state index contributed by atoms with van der Waals surface area (Å²) in [5, 5.41) is 2.86. The lowest BCUT2D eigenvalue weighted by Gasteiger charge is -2.15. The second-order valence-electron chi connectivity index (χ2n) is 4.00. The first-order chi connectivity index (χ1) is 6.72. The summed E-state index contributed by atoms with van der Waals surface area (Å²) in [5.74, 6) is 0.120. The highest BCUT2D eigenvalue weighted by molar-refractivity contribution is 5.76. The van der Waals surface area contributed by atoms with E-state index in [1.54, 1.807) is 0 Å². The van der Waals surface area contributed by atoms with E-state index in [0.29, 0.717) is 13.0 Å². The maximum absolute atomic E-state index is 11.4. The van der Waals surface area contributed by atoms with Crippen molar-refractivity contribution in [3.63, 3.8) is 0 Å². The van der Waals surface area contributed by atoms with E-state index in [1.165, 1.54) is 12.8 Å². The second kappa shape index (κ2) is 5.98. The summed E-state index contributed by atoms with van der Waals surface area (Å²) < 4.78 is 0. The van der Waals surface area contributed by atoms with Gasteiger partial charge in [-0.05, 0) is 32.9 Å². The van der Waals surface area contributed by atoms with E-state index in [4.69, 9.17) is 5.73 Å². The van der Waals surface area contributed by atoms with Crippen molar-refractivity contribution in [3.05, 3.63) is 0 Å². The van der Waals surface area contributed by atoms with Crippen LogP contribution in [0.1, 0.15) is 26.2 Å². The van der Waals surface area contributed by atoms with E-state index in [0.717, 1.165) is 19.6 Å². The summed E-state index contributed by atoms with van der Waals surface area (Å²) >= 11 is 0. The van der Waals surface area contributed by atoms with Crippen molar-refractivity contribution in [3.8, 4) is 0 Å². The first-order valence-corrected chi connectivity index (χ1v) is 5.44. The largest absolute Gasteiger partial charge is 0.352 e. The molecule has 0 aliphatic carbocycles. The summed E-state index contributed by atoms with van der Waals surface area (Å²) in [6.07, 6.45) is 3.16. The van der Waals surface area contributed by atoms with Crippen LogP contribution in [0.2, 0.25) is 0 Å². The average Bonchev–Trinajstić information content (AvgIpc) is 2.67. The maximum atomic E-state index is 11.4. The van der Waals surface area contributed by atoms with Gasteiger partial charge in [-0.1, -0.05) is 0 Å². The van der Waals surface area contributed by atoms with Gasteiger partial charge < -0.3 is 16.0 Å². The van der Waals surface area contributed by atoms with Crippen LogP contribution < -0.4 is 11.1 Å². The Morgan fingerprint density at radius 3 is 2.71 bits per heavy atom. The zero-order valence-corrected chi connectivity index (χ0v) is 8.96. The van der Waals surface area contributed by atoms with Gasteiger partial charge in [0, 0.05) is 25.6 Å². The van der Waals surface area contributed by atoms with E-state index >= 15 is 0 Å². The smallest absolute Gasteiger partial charge is 0.221 e. The molecule has 1 saturated heterocycles. The second-order valence-corrected chi connectivity index (χ2v) is 4.00. The number of nitrogens with two attached hydrogens (primary N) is 1. The van der Waals surface area contributed by atoms with Crippen LogP contribution in [-0.4, -0.2) is 43.0 Å². The van der Waals surface area contributed by atoms with Gasteiger partial charge in [0.2, 0.25) is 5.91 Å². The van der Waals surface area contributed by atoms with Gasteiger partial charge in [0.25, 0.3) is 0 Å². The van der Waals surface area contributed by atoms with Crippen LogP contribution in [0.5, 0.6) is 0 Å². The number of hydrogen-bond donors (Lipinski definition) is 2. The Hall–Kier alpha value is -0.610. The summed E-state index contributed by atoms with van der Waals surface area (Å²) in [6, 6.07) is 0.0982. The molecule has 0 radical (unpaired) electrons. The summed E-state index contributed by atoms with van der Waals surface area (Å²) in [4.78, 5) is 13.7. The maximum Gasteiger partial charge on any atom is 0.221 e.